The Labute approximate surface area is 124 Å². The average Bonchev–Trinajstić information content (AvgIpc) is 3.25. The summed E-state index contributed by atoms with van der Waals surface area (Å²) in [7, 11) is 0. The van der Waals surface area contributed by atoms with Gasteiger partial charge in [0, 0.05) is 6.54 Å². The lowest BCUT2D eigenvalue weighted by molar-refractivity contribution is -0.129. The van der Waals surface area contributed by atoms with Crippen molar-refractivity contribution < 1.29 is 14.4 Å². The molecule has 6 heteroatoms. The smallest absolute Gasteiger partial charge is 0.325 e. The van der Waals surface area contributed by atoms with E-state index in [1.807, 2.05) is 0 Å². The Morgan fingerprint density at radius 1 is 1.19 bits per heavy atom. The molecule has 0 aromatic carbocycles. The van der Waals surface area contributed by atoms with E-state index in [0.717, 1.165) is 25.7 Å². The zero-order chi connectivity index (χ0) is 14.9. The first kappa shape index (κ1) is 14.4. The second-order valence-corrected chi connectivity index (χ2v) is 6.54. The number of hydrogen-bond acceptors (Lipinski definition) is 3. The van der Waals surface area contributed by atoms with Crippen LogP contribution in [-0.4, -0.2) is 41.4 Å². The molecule has 4 amide bonds. The largest absolute Gasteiger partial charge is 0.354 e. The number of hydrogen-bond donors (Lipinski definition) is 2. The van der Waals surface area contributed by atoms with Crippen molar-refractivity contribution in [2.75, 3.05) is 13.1 Å². The Hall–Kier alpha value is -1.59. The Bertz CT molecular complexity index is 451. The molecule has 2 aliphatic carbocycles. The topological polar surface area (TPSA) is 78.5 Å². The van der Waals surface area contributed by atoms with Crippen LogP contribution in [0.5, 0.6) is 0 Å². The Morgan fingerprint density at radius 3 is 2.48 bits per heavy atom. The quantitative estimate of drug-likeness (QED) is 0.763. The first-order chi connectivity index (χ1) is 10.1. The molecule has 2 N–H and O–H groups in total. The number of amides is 4. The normalized spacial score (nSPS) is 24.9. The number of carbonyl (C=O) groups is 3. The maximum Gasteiger partial charge on any atom is 0.325 e. The number of nitrogens with one attached hydrogen (secondary N) is 2. The molecule has 0 aromatic heterocycles. The molecule has 1 spiro atoms. The lowest BCUT2D eigenvalue weighted by Crippen LogP contribution is -2.52. The van der Waals surface area contributed by atoms with Gasteiger partial charge in [0.25, 0.3) is 5.91 Å². The zero-order valence-electron chi connectivity index (χ0n) is 12.3. The summed E-state index contributed by atoms with van der Waals surface area (Å²) in [5, 5.41) is 5.28. The van der Waals surface area contributed by atoms with Gasteiger partial charge in [0.1, 0.15) is 12.1 Å². The van der Waals surface area contributed by atoms with Gasteiger partial charge >= 0.3 is 6.03 Å². The van der Waals surface area contributed by atoms with E-state index >= 15 is 0 Å². The molecule has 0 bridgehead atoms. The van der Waals surface area contributed by atoms with Crippen LogP contribution in [0.3, 0.4) is 0 Å². The molecule has 1 saturated heterocycles. The minimum Gasteiger partial charge on any atom is -0.354 e. The molecule has 6 nitrogen and oxygen atoms in total. The lowest BCUT2D eigenvalue weighted by atomic mass is 9.88. The molecule has 3 rings (SSSR count). The van der Waals surface area contributed by atoms with Gasteiger partial charge in [-0.05, 0) is 31.6 Å². The van der Waals surface area contributed by atoms with Gasteiger partial charge < -0.3 is 10.2 Å². The van der Waals surface area contributed by atoms with Gasteiger partial charge in [0.05, 0.1) is 0 Å². The van der Waals surface area contributed by atoms with Crippen molar-refractivity contribution in [2.24, 2.45) is 5.92 Å². The predicted octanol–water partition coefficient (Wildman–Crippen LogP) is 1.16. The van der Waals surface area contributed by atoms with Crippen LogP contribution < -0.4 is 10.6 Å². The van der Waals surface area contributed by atoms with Crippen LogP contribution in [0.4, 0.5) is 4.79 Å². The minimum atomic E-state index is -0.787. The molecule has 2 saturated carbocycles. The highest BCUT2D eigenvalue weighted by Gasteiger charge is 2.52. The number of carbonyl (C=O) groups excluding carboxylic acids is 3. The van der Waals surface area contributed by atoms with Gasteiger partial charge in [0.2, 0.25) is 5.91 Å². The fourth-order valence-electron chi connectivity index (χ4n) is 3.41. The van der Waals surface area contributed by atoms with Crippen molar-refractivity contribution in [3.05, 3.63) is 0 Å². The van der Waals surface area contributed by atoms with E-state index in [0.29, 0.717) is 25.3 Å². The third kappa shape index (κ3) is 2.89. The maximum absolute atomic E-state index is 12.3. The Kier molecular flexibility index (Phi) is 3.87. The van der Waals surface area contributed by atoms with Gasteiger partial charge in [-0.1, -0.05) is 25.7 Å². The van der Waals surface area contributed by atoms with E-state index in [1.165, 1.54) is 17.7 Å². The van der Waals surface area contributed by atoms with E-state index < -0.39 is 11.6 Å². The molecule has 21 heavy (non-hydrogen) atoms. The summed E-state index contributed by atoms with van der Waals surface area (Å²) in [4.78, 5) is 37.9. The molecule has 0 unspecified atom stereocenters. The molecule has 0 radical (unpaired) electrons. The summed E-state index contributed by atoms with van der Waals surface area (Å²) in [6.07, 6.45) is 7.72. The molecule has 116 valence electrons. The van der Waals surface area contributed by atoms with Crippen molar-refractivity contribution in [1.29, 1.82) is 0 Å². The highest BCUT2D eigenvalue weighted by atomic mass is 16.2. The lowest BCUT2D eigenvalue weighted by Gasteiger charge is -2.34. The van der Waals surface area contributed by atoms with Crippen LogP contribution >= 0.6 is 0 Å². The summed E-state index contributed by atoms with van der Waals surface area (Å²) < 4.78 is 0. The monoisotopic (exact) mass is 293 g/mol. The minimum absolute atomic E-state index is 0.00963. The van der Waals surface area contributed by atoms with Gasteiger partial charge in [0.15, 0.2) is 0 Å². The second kappa shape index (κ2) is 5.66. The maximum atomic E-state index is 12.3. The number of nitrogens with zero attached hydrogens (tertiary/aromatic N) is 1. The molecule has 0 aromatic rings. The van der Waals surface area contributed by atoms with Gasteiger partial charge in [-0.2, -0.15) is 0 Å². The molecule has 1 heterocycles. The van der Waals surface area contributed by atoms with Crippen molar-refractivity contribution in [2.45, 2.75) is 56.9 Å². The summed E-state index contributed by atoms with van der Waals surface area (Å²) in [6, 6.07) is -0.413. The van der Waals surface area contributed by atoms with Crippen molar-refractivity contribution in [1.82, 2.24) is 15.5 Å². The first-order valence-electron chi connectivity index (χ1n) is 8.01. The summed E-state index contributed by atoms with van der Waals surface area (Å²) >= 11 is 0. The third-order valence-electron chi connectivity index (χ3n) is 4.92. The van der Waals surface area contributed by atoms with E-state index in [-0.39, 0.29) is 18.4 Å². The summed E-state index contributed by atoms with van der Waals surface area (Å²) in [5.41, 5.74) is -0.787. The van der Waals surface area contributed by atoms with Crippen LogP contribution in [0.25, 0.3) is 0 Å². The first-order valence-corrected chi connectivity index (χ1v) is 8.01. The zero-order valence-corrected chi connectivity index (χ0v) is 12.3. The average molecular weight is 293 g/mol. The van der Waals surface area contributed by atoms with Gasteiger partial charge in [-0.25, -0.2) is 4.79 Å². The standard InChI is InChI=1S/C15H23N3O3/c19-12(16-9-11-5-6-11)10-18-14(21)17-13(20)15(18)7-3-1-2-4-8-15/h11H,1-10H2,(H,16,19)(H,17,20,21). The molecule has 0 atom stereocenters. The van der Waals surface area contributed by atoms with E-state index in [1.54, 1.807) is 0 Å². The Balaban J connectivity index is 1.68. The predicted molar refractivity (Wildman–Crippen MR) is 76.4 cm³/mol. The number of urea groups is 1. The molecule has 3 aliphatic rings. The fraction of sp³-hybridized carbons (Fsp3) is 0.800. The SMILES string of the molecule is O=C(CN1C(=O)NC(=O)C12CCCCCC2)NCC1CC1. The van der Waals surface area contributed by atoms with Gasteiger partial charge in [-0.15, -0.1) is 0 Å². The number of rotatable bonds is 4. The van der Waals surface area contributed by atoms with E-state index in [2.05, 4.69) is 10.6 Å². The van der Waals surface area contributed by atoms with Crippen LogP contribution in [0.2, 0.25) is 0 Å². The highest BCUT2D eigenvalue weighted by molar-refractivity contribution is 6.08. The van der Waals surface area contributed by atoms with Crippen LogP contribution in [-0.2, 0) is 9.59 Å². The number of imide groups is 1. The third-order valence-corrected chi connectivity index (χ3v) is 4.92. The molecule has 3 fully saturated rings. The molecular formula is C15H23N3O3. The van der Waals surface area contributed by atoms with Crippen LogP contribution in [0.15, 0.2) is 0 Å². The van der Waals surface area contributed by atoms with Crippen molar-refractivity contribution in [3.8, 4) is 0 Å². The summed E-state index contributed by atoms with van der Waals surface area (Å²) in [5.74, 6) is 0.231. The fourth-order valence-corrected chi connectivity index (χ4v) is 3.41. The van der Waals surface area contributed by atoms with Crippen LogP contribution in [0, 0.1) is 5.92 Å². The second-order valence-electron chi connectivity index (χ2n) is 6.54. The van der Waals surface area contributed by atoms with Crippen molar-refractivity contribution in [3.63, 3.8) is 0 Å². The van der Waals surface area contributed by atoms with E-state index in [9.17, 15) is 14.4 Å². The van der Waals surface area contributed by atoms with Crippen LogP contribution in [0.1, 0.15) is 51.4 Å². The Morgan fingerprint density at radius 2 is 1.86 bits per heavy atom. The highest BCUT2D eigenvalue weighted by Crippen LogP contribution is 2.36. The molecular weight excluding hydrogens is 270 g/mol. The summed E-state index contributed by atoms with van der Waals surface area (Å²) in [6.45, 7) is 0.680. The van der Waals surface area contributed by atoms with Gasteiger partial charge in [-0.3, -0.25) is 14.9 Å². The van der Waals surface area contributed by atoms with E-state index in [4.69, 9.17) is 0 Å². The molecule has 1 aliphatic heterocycles. The van der Waals surface area contributed by atoms with Crippen molar-refractivity contribution >= 4 is 17.8 Å².